The van der Waals surface area contributed by atoms with Gasteiger partial charge in [0.25, 0.3) is 0 Å². The zero-order valence-electron chi connectivity index (χ0n) is 10.7. The number of H-pyrrole nitrogens is 2. The van der Waals surface area contributed by atoms with Crippen LogP contribution < -0.4 is 15.9 Å². The van der Waals surface area contributed by atoms with Gasteiger partial charge in [-0.2, -0.15) is 0 Å². The predicted octanol–water partition coefficient (Wildman–Crippen LogP) is 1.49. The molecule has 2 aromatic rings. The highest BCUT2D eigenvalue weighted by atomic mass is 35.5. The van der Waals surface area contributed by atoms with Crippen molar-refractivity contribution in [3.05, 3.63) is 22.6 Å². The smallest absolute Gasteiger partial charge is 0.323 e. The molecule has 1 amide bonds. The second-order valence-electron chi connectivity index (χ2n) is 4.38. The lowest BCUT2D eigenvalue weighted by Gasteiger charge is -2.18. The fourth-order valence-corrected chi connectivity index (χ4v) is 2.01. The second-order valence-corrected chi connectivity index (χ2v) is 4.75. The fourth-order valence-electron chi connectivity index (χ4n) is 1.84. The standard InChI is InChI=1S/C12H15ClN4O2/c1-17(2)10-6-8-7(15-12(19)16-8)5-9(10)14-11(18)3-4-13/h5-6H,3-4H2,1-2H3,(H,14,18)(H2,15,16,19). The third-order valence-electron chi connectivity index (χ3n) is 2.71. The van der Waals surface area contributed by atoms with E-state index in [1.54, 1.807) is 6.07 Å². The molecule has 1 heterocycles. The molecule has 2 rings (SSSR count). The molecule has 0 aliphatic carbocycles. The molecule has 1 aromatic heterocycles. The van der Waals surface area contributed by atoms with Crippen molar-refractivity contribution >= 4 is 39.9 Å². The van der Waals surface area contributed by atoms with Crippen LogP contribution in [0.1, 0.15) is 6.42 Å². The number of halogens is 1. The lowest BCUT2D eigenvalue weighted by molar-refractivity contribution is -0.115. The van der Waals surface area contributed by atoms with Gasteiger partial charge in [0, 0.05) is 26.4 Å². The van der Waals surface area contributed by atoms with Gasteiger partial charge >= 0.3 is 5.69 Å². The maximum Gasteiger partial charge on any atom is 0.323 e. The lowest BCUT2D eigenvalue weighted by atomic mass is 10.2. The number of carbonyl (C=O) groups is 1. The number of nitrogens with zero attached hydrogens (tertiary/aromatic N) is 1. The third kappa shape index (κ3) is 2.90. The molecule has 7 heteroatoms. The third-order valence-corrected chi connectivity index (χ3v) is 2.90. The van der Waals surface area contributed by atoms with Crippen molar-refractivity contribution in [3.8, 4) is 0 Å². The van der Waals surface area contributed by atoms with Gasteiger partial charge in [-0.1, -0.05) is 0 Å². The largest absolute Gasteiger partial charge is 0.376 e. The molecule has 0 saturated heterocycles. The van der Waals surface area contributed by atoms with Crippen molar-refractivity contribution < 1.29 is 4.79 Å². The number of nitrogens with one attached hydrogen (secondary N) is 3. The highest BCUT2D eigenvalue weighted by Crippen LogP contribution is 2.28. The normalized spacial score (nSPS) is 10.7. The summed E-state index contributed by atoms with van der Waals surface area (Å²) in [7, 11) is 3.73. The van der Waals surface area contributed by atoms with Crippen LogP contribution in [0.2, 0.25) is 0 Å². The van der Waals surface area contributed by atoms with E-state index in [9.17, 15) is 9.59 Å². The molecule has 0 saturated carbocycles. The van der Waals surface area contributed by atoms with E-state index in [0.29, 0.717) is 16.7 Å². The molecule has 0 spiro atoms. The lowest BCUT2D eigenvalue weighted by Crippen LogP contribution is -2.16. The number of aromatic nitrogens is 2. The van der Waals surface area contributed by atoms with E-state index >= 15 is 0 Å². The number of fused-ring (bicyclic) bond motifs is 1. The number of hydrogen-bond acceptors (Lipinski definition) is 3. The number of anilines is 2. The maximum atomic E-state index is 11.6. The van der Waals surface area contributed by atoms with Crippen molar-refractivity contribution in [2.75, 3.05) is 30.2 Å². The van der Waals surface area contributed by atoms with Gasteiger partial charge in [-0.15, -0.1) is 11.6 Å². The van der Waals surface area contributed by atoms with E-state index in [-0.39, 0.29) is 23.9 Å². The summed E-state index contributed by atoms with van der Waals surface area (Å²) in [6.45, 7) is 0. The number of imidazole rings is 1. The van der Waals surface area contributed by atoms with Crippen LogP contribution in [0.5, 0.6) is 0 Å². The van der Waals surface area contributed by atoms with Gasteiger partial charge in [0.05, 0.1) is 22.4 Å². The van der Waals surface area contributed by atoms with Crippen molar-refractivity contribution in [1.29, 1.82) is 0 Å². The maximum absolute atomic E-state index is 11.6. The van der Waals surface area contributed by atoms with Crippen molar-refractivity contribution in [2.45, 2.75) is 6.42 Å². The molecule has 19 heavy (non-hydrogen) atoms. The van der Waals surface area contributed by atoms with Crippen LogP contribution >= 0.6 is 11.6 Å². The predicted molar refractivity (Wildman–Crippen MR) is 77.2 cm³/mol. The van der Waals surface area contributed by atoms with Gasteiger partial charge in [0.2, 0.25) is 5.91 Å². The van der Waals surface area contributed by atoms with Gasteiger partial charge in [-0.25, -0.2) is 4.79 Å². The van der Waals surface area contributed by atoms with E-state index in [1.165, 1.54) is 0 Å². The van der Waals surface area contributed by atoms with E-state index < -0.39 is 0 Å². The van der Waals surface area contributed by atoms with Crippen molar-refractivity contribution in [3.63, 3.8) is 0 Å². The summed E-state index contributed by atoms with van der Waals surface area (Å²) in [6.07, 6.45) is 0.246. The number of aromatic amines is 2. The summed E-state index contributed by atoms with van der Waals surface area (Å²) in [5.74, 6) is 0.113. The number of rotatable bonds is 4. The van der Waals surface area contributed by atoms with Gasteiger partial charge in [0.15, 0.2) is 0 Å². The molecule has 0 bridgehead atoms. The Bertz CT molecular complexity index is 659. The van der Waals surface area contributed by atoms with Gasteiger partial charge in [0.1, 0.15) is 0 Å². The van der Waals surface area contributed by atoms with Gasteiger partial charge in [-0.3, -0.25) is 4.79 Å². The average molecular weight is 283 g/mol. The molecule has 0 aliphatic heterocycles. The first-order valence-corrected chi connectivity index (χ1v) is 6.34. The summed E-state index contributed by atoms with van der Waals surface area (Å²) in [6, 6.07) is 3.54. The molecule has 0 unspecified atom stereocenters. The van der Waals surface area contributed by atoms with E-state index in [2.05, 4.69) is 15.3 Å². The minimum absolute atomic E-state index is 0.157. The summed E-state index contributed by atoms with van der Waals surface area (Å²) in [4.78, 5) is 30.1. The van der Waals surface area contributed by atoms with Crippen molar-refractivity contribution in [1.82, 2.24) is 9.97 Å². The summed E-state index contributed by atoms with van der Waals surface area (Å²) in [5.41, 5.74) is 2.53. The molecule has 0 radical (unpaired) electrons. The summed E-state index contributed by atoms with van der Waals surface area (Å²) < 4.78 is 0. The first kappa shape index (κ1) is 13.5. The molecule has 0 atom stereocenters. The average Bonchev–Trinajstić information content (AvgIpc) is 2.67. The van der Waals surface area contributed by atoms with E-state index in [0.717, 1.165) is 5.69 Å². The van der Waals surface area contributed by atoms with E-state index in [4.69, 9.17) is 11.6 Å². The molecular weight excluding hydrogens is 268 g/mol. The molecule has 6 nitrogen and oxygen atoms in total. The van der Waals surface area contributed by atoms with Crippen molar-refractivity contribution in [2.24, 2.45) is 0 Å². The Kier molecular flexibility index (Phi) is 3.80. The van der Waals surface area contributed by atoms with Gasteiger partial charge in [-0.05, 0) is 12.1 Å². The first-order chi connectivity index (χ1) is 9.01. The van der Waals surface area contributed by atoms with Gasteiger partial charge < -0.3 is 20.2 Å². The highest BCUT2D eigenvalue weighted by molar-refractivity contribution is 6.19. The Morgan fingerprint density at radius 2 is 1.95 bits per heavy atom. The van der Waals surface area contributed by atoms with E-state index in [1.807, 2.05) is 25.1 Å². The minimum Gasteiger partial charge on any atom is -0.376 e. The fraction of sp³-hybridized carbons (Fsp3) is 0.333. The SMILES string of the molecule is CN(C)c1cc2[nH]c(=O)[nH]c2cc1NC(=O)CCCl. The Hall–Kier alpha value is -1.95. The monoisotopic (exact) mass is 282 g/mol. The number of hydrogen-bond donors (Lipinski definition) is 3. The van der Waals surface area contributed by atoms with Crippen LogP contribution in [0.4, 0.5) is 11.4 Å². The van der Waals surface area contributed by atoms with Crippen LogP contribution in [0, 0.1) is 0 Å². The minimum atomic E-state index is -0.274. The van der Waals surface area contributed by atoms with Crippen LogP contribution in [0.3, 0.4) is 0 Å². The second kappa shape index (κ2) is 5.36. The Balaban J connectivity index is 2.47. The quantitative estimate of drug-likeness (QED) is 0.743. The summed E-state index contributed by atoms with van der Waals surface area (Å²) >= 11 is 5.54. The zero-order valence-corrected chi connectivity index (χ0v) is 11.5. The number of benzene rings is 1. The first-order valence-electron chi connectivity index (χ1n) is 5.80. The molecule has 3 N–H and O–H groups in total. The number of alkyl halides is 1. The highest BCUT2D eigenvalue weighted by Gasteiger charge is 2.11. The zero-order chi connectivity index (χ0) is 14.0. The molecule has 0 fully saturated rings. The number of amides is 1. The molecule has 0 aliphatic rings. The molecule has 1 aromatic carbocycles. The molecular formula is C12H15ClN4O2. The number of carbonyl (C=O) groups excluding carboxylic acids is 1. The summed E-state index contributed by atoms with van der Waals surface area (Å²) in [5, 5.41) is 2.79. The van der Waals surface area contributed by atoms with Crippen LogP contribution in [-0.2, 0) is 4.79 Å². The molecule has 102 valence electrons. The van der Waals surface area contributed by atoms with Crippen LogP contribution in [0.25, 0.3) is 11.0 Å². The van der Waals surface area contributed by atoms with Crippen LogP contribution in [0.15, 0.2) is 16.9 Å². The Morgan fingerprint density at radius 1 is 1.32 bits per heavy atom. The Labute approximate surface area is 114 Å². The topological polar surface area (TPSA) is 81.0 Å². The Morgan fingerprint density at radius 3 is 2.53 bits per heavy atom. The van der Waals surface area contributed by atoms with Crippen LogP contribution in [-0.4, -0.2) is 35.9 Å².